The summed E-state index contributed by atoms with van der Waals surface area (Å²) < 4.78 is 11.5. The second-order valence-electron chi connectivity index (χ2n) is 7.56. The van der Waals surface area contributed by atoms with Crippen molar-refractivity contribution in [2.75, 3.05) is 7.05 Å². The molecule has 6 heteroatoms. The lowest BCUT2D eigenvalue weighted by molar-refractivity contribution is -0.138. The molecule has 0 radical (unpaired) electrons. The minimum atomic E-state index is -0.602. The van der Waals surface area contributed by atoms with Crippen LogP contribution in [-0.4, -0.2) is 34.1 Å². The van der Waals surface area contributed by atoms with Crippen LogP contribution < -0.4 is 4.74 Å². The quantitative estimate of drug-likeness (QED) is 0.424. The fourth-order valence-corrected chi connectivity index (χ4v) is 3.43. The van der Waals surface area contributed by atoms with Crippen LogP contribution in [0.4, 0.5) is 0 Å². The molecule has 1 aromatic heterocycles. The molecule has 1 amide bonds. The van der Waals surface area contributed by atoms with Crippen molar-refractivity contribution in [2.45, 2.75) is 32.9 Å². The van der Waals surface area contributed by atoms with E-state index in [9.17, 15) is 4.79 Å². The van der Waals surface area contributed by atoms with Crippen molar-refractivity contribution in [1.29, 1.82) is 0 Å². The number of benzene rings is 3. The Morgan fingerprint density at radius 3 is 2.58 bits per heavy atom. The van der Waals surface area contributed by atoms with Crippen LogP contribution in [0, 0.1) is 6.92 Å². The van der Waals surface area contributed by atoms with Crippen LogP contribution in [0.25, 0.3) is 22.2 Å². The first-order valence-corrected chi connectivity index (χ1v) is 10.3. The zero-order valence-electron chi connectivity index (χ0n) is 17.9. The van der Waals surface area contributed by atoms with E-state index in [1.165, 1.54) is 0 Å². The molecule has 0 aliphatic carbocycles. The van der Waals surface area contributed by atoms with Gasteiger partial charge in [-0.05, 0) is 24.8 Å². The Morgan fingerprint density at radius 2 is 1.81 bits per heavy atom. The molecule has 0 spiro atoms. The molecule has 0 bridgehead atoms. The van der Waals surface area contributed by atoms with Gasteiger partial charge in [0.25, 0.3) is 5.91 Å². The van der Waals surface area contributed by atoms with Gasteiger partial charge in [-0.2, -0.15) is 4.98 Å². The molecule has 0 aliphatic heterocycles. The van der Waals surface area contributed by atoms with Gasteiger partial charge < -0.3 is 14.2 Å². The van der Waals surface area contributed by atoms with Gasteiger partial charge in [0.2, 0.25) is 11.7 Å². The average Bonchev–Trinajstić information content (AvgIpc) is 3.26. The number of likely N-dealkylation sites (N-methyl/N-ethyl adjacent to an activating group) is 1. The number of rotatable bonds is 7. The van der Waals surface area contributed by atoms with E-state index < -0.39 is 6.10 Å². The molecule has 0 aliphatic rings. The molecule has 1 heterocycles. The number of aromatic nitrogens is 2. The van der Waals surface area contributed by atoms with Crippen molar-refractivity contribution >= 4 is 16.7 Å². The Kier molecular flexibility index (Phi) is 5.98. The maximum absolute atomic E-state index is 13.0. The molecule has 3 aromatic carbocycles. The Hall–Kier alpha value is -3.67. The summed E-state index contributed by atoms with van der Waals surface area (Å²) in [5, 5.41) is 6.10. The summed E-state index contributed by atoms with van der Waals surface area (Å²) in [5.41, 5.74) is 2.04. The van der Waals surface area contributed by atoms with Crippen molar-refractivity contribution in [3.63, 3.8) is 0 Å². The first kappa shape index (κ1) is 20.6. The summed E-state index contributed by atoms with van der Waals surface area (Å²) in [4.78, 5) is 19.0. The van der Waals surface area contributed by atoms with Crippen LogP contribution in [0.3, 0.4) is 0 Å². The lowest BCUT2D eigenvalue weighted by Gasteiger charge is -2.23. The highest BCUT2D eigenvalue weighted by Gasteiger charge is 2.24. The molecule has 1 atom stereocenters. The molecular formula is C25H25N3O3. The molecule has 0 saturated heterocycles. The van der Waals surface area contributed by atoms with Gasteiger partial charge in [-0.3, -0.25) is 4.79 Å². The second-order valence-corrected chi connectivity index (χ2v) is 7.56. The number of hydrogen-bond donors (Lipinski definition) is 0. The third kappa shape index (κ3) is 4.58. The van der Waals surface area contributed by atoms with Crippen molar-refractivity contribution in [2.24, 2.45) is 0 Å². The van der Waals surface area contributed by atoms with Gasteiger partial charge in [0.1, 0.15) is 5.75 Å². The number of nitrogens with zero attached hydrogens (tertiary/aromatic N) is 3. The maximum atomic E-state index is 13.0. The number of fused-ring (bicyclic) bond motifs is 1. The Labute approximate surface area is 181 Å². The predicted molar refractivity (Wildman–Crippen MR) is 120 cm³/mol. The predicted octanol–water partition coefficient (Wildman–Crippen LogP) is 5.01. The summed E-state index contributed by atoms with van der Waals surface area (Å²) in [5.74, 6) is 1.46. The topological polar surface area (TPSA) is 68.5 Å². The first-order chi connectivity index (χ1) is 15.0. The molecule has 0 unspecified atom stereocenters. The second kappa shape index (κ2) is 9.00. The minimum absolute atomic E-state index is 0.134. The number of aryl methyl sites for hydroxylation is 1. The van der Waals surface area contributed by atoms with Gasteiger partial charge in [-0.15, -0.1) is 0 Å². The van der Waals surface area contributed by atoms with Crippen LogP contribution in [0.15, 0.2) is 71.3 Å². The average molecular weight is 415 g/mol. The fourth-order valence-electron chi connectivity index (χ4n) is 3.43. The zero-order chi connectivity index (χ0) is 21.8. The van der Waals surface area contributed by atoms with E-state index >= 15 is 0 Å². The Balaban J connectivity index is 1.46. The molecule has 0 fully saturated rings. The van der Waals surface area contributed by atoms with Gasteiger partial charge in [0, 0.05) is 18.0 Å². The van der Waals surface area contributed by atoms with E-state index in [0.717, 1.165) is 21.9 Å². The molecular weight excluding hydrogens is 390 g/mol. The molecule has 31 heavy (non-hydrogen) atoms. The first-order valence-electron chi connectivity index (χ1n) is 10.3. The van der Waals surface area contributed by atoms with Gasteiger partial charge in [0.15, 0.2) is 6.10 Å². The number of carbonyl (C=O) groups excluding carboxylic acids is 1. The molecule has 158 valence electrons. The molecule has 6 nitrogen and oxygen atoms in total. The standard InChI is InChI=1S/C25H25N3O3/c1-4-21(30-22-11-7-9-18-8-5-6-10-20(18)22)25(29)28(3)16-23-26-24(27-31-23)19-14-12-17(2)13-15-19/h5-15,21H,4,16H2,1-3H3/t21-/m1/s1. The number of ether oxygens (including phenoxy) is 1. The molecule has 4 aromatic rings. The van der Waals surface area contributed by atoms with Crippen LogP contribution in [-0.2, 0) is 11.3 Å². The number of amides is 1. The SMILES string of the molecule is CC[C@@H](Oc1cccc2ccccc12)C(=O)N(C)Cc1nc(-c2ccc(C)cc2)no1. The largest absolute Gasteiger partial charge is 0.480 e. The summed E-state index contributed by atoms with van der Waals surface area (Å²) in [6, 6.07) is 21.7. The van der Waals surface area contributed by atoms with Crippen LogP contribution in [0.1, 0.15) is 24.8 Å². The summed E-state index contributed by atoms with van der Waals surface area (Å²) in [6.45, 7) is 4.17. The van der Waals surface area contributed by atoms with E-state index in [-0.39, 0.29) is 12.5 Å². The van der Waals surface area contributed by atoms with Crippen molar-refractivity contribution in [1.82, 2.24) is 15.0 Å². The Morgan fingerprint density at radius 1 is 1.06 bits per heavy atom. The van der Waals surface area contributed by atoms with E-state index in [1.807, 2.05) is 80.6 Å². The highest BCUT2D eigenvalue weighted by atomic mass is 16.5. The van der Waals surface area contributed by atoms with Gasteiger partial charge in [-0.1, -0.05) is 78.3 Å². The van der Waals surface area contributed by atoms with Crippen LogP contribution >= 0.6 is 0 Å². The summed E-state index contributed by atoms with van der Waals surface area (Å²) >= 11 is 0. The number of carbonyl (C=O) groups is 1. The van der Waals surface area contributed by atoms with Gasteiger partial charge >= 0.3 is 0 Å². The monoisotopic (exact) mass is 415 g/mol. The summed E-state index contributed by atoms with van der Waals surface area (Å²) in [6.07, 6.45) is -0.0551. The molecule has 0 N–H and O–H groups in total. The van der Waals surface area contributed by atoms with Gasteiger partial charge in [-0.25, -0.2) is 0 Å². The molecule has 0 saturated carbocycles. The normalized spacial score (nSPS) is 12.0. The lowest BCUT2D eigenvalue weighted by atomic mass is 10.1. The van der Waals surface area contributed by atoms with Crippen LogP contribution in [0.5, 0.6) is 5.75 Å². The highest BCUT2D eigenvalue weighted by Crippen LogP contribution is 2.27. The third-order valence-corrected chi connectivity index (χ3v) is 5.19. The van der Waals surface area contributed by atoms with E-state index in [2.05, 4.69) is 10.1 Å². The fraction of sp³-hybridized carbons (Fsp3) is 0.240. The summed E-state index contributed by atoms with van der Waals surface area (Å²) in [7, 11) is 1.72. The molecule has 4 rings (SSSR count). The highest BCUT2D eigenvalue weighted by molar-refractivity contribution is 5.89. The van der Waals surface area contributed by atoms with E-state index in [4.69, 9.17) is 9.26 Å². The van der Waals surface area contributed by atoms with E-state index in [1.54, 1.807) is 11.9 Å². The lowest BCUT2D eigenvalue weighted by Crippen LogP contribution is -2.39. The van der Waals surface area contributed by atoms with Crippen molar-refractivity contribution in [3.05, 3.63) is 78.2 Å². The third-order valence-electron chi connectivity index (χ3n) is 5.19. The zero-order valence-corrected chi connectivity index (χ0v) is 17.9. The van der Waals surface area contributed by atoms with E-state index in [0.29, 0.717) is 23.9 Å². The number of hydrogen-bond acceptors (Lipinski definition) is 5. The van der Waals surface area contributed by atoms with Crippen LogP contribution in [0.2, 0.25) is 0 Å². The smallest absolute Gasteiger partial charge is 0.263 e. The van der Waals surface area contributed by atoms with Gasteiger partial charge in [0.05, 0.1) is 6.54 Å². The minimum Gasteiger partial charge on any atom is -0.480 e. The van der Waals surface area contributed by atoms with Crippen molar-refractivity contribution in [3.8, 4) is 17.1 Å². The Bertz CT molecular complexity index is 1180. The van der Waals surface area contributed by atoms with Crippen molar-refractivity contribution < 1.29 is 14.1 Å². The maximum Gasteiger partial charge on any atom is 0.263 e.